The van der Waals surface area contributed by atoms with Gasteiger partial charge in [0.25, 0.3) is 0 Å². The lowest BCUT2D eigenvalue weighted by Gasteiger charge is -2.11. The summed E-state index contributed by atoms with van der Waals surface area (Å²) in [6.07, 6.45) is 0.635. The molecule has 1 atom stereocenters. The number of rotatable bonds is 3. The van der Waals surface area contributed by atoms with Crippen molar-refractivity contribution in [1.29, 1.82) is 0 Å². The van der Waals surface area contributed by atoms with E-state index < -0.39 is 57.1 Å². The van der Waals surface area contributed by atoms with Crippen LogP contribution in [0.1, 0.15) is 5.56 Å². The van der Waals surface area contributed by atoms with Crippen LogP contribution in [0.15, 0.2) is 4.90 Å². The highest BCUT2D eigenvalue weighted by Gasteiger charge is 2.31. The number of hydrogen-bond acceptors (Lipinski definition) is 4. The summed E-state index contributed by atoms with van der Waals surface area (Å²) in [4.78, 5) is -1.55. The van der Waals surface area contributed by atoms with Crippen molar-refractivity contribution in [2.45, 2.75) is 11.8 Å². The Kier molecular flexibility index (Phi) is 4.28. The topological polar surface area (TPSA) is 51.2 Å². The minimum atomic E-state index is -4.23. The lowest BCUT2D eigenvalue weighted by Crippen LogP contribution is -2.19. The van der Waals surface area contributed by atoms with E-state index in [0.717, 1.165) is 6.92 Å². The predicted molar refractivity (Wildman–Crippen MR) is 64.5 cm³/mol. The fourth-order valence-corrected chi connectivity index (χ4v) is 6.80. The van der Waals surface area contributed by atoms with Crippen LogP contribution in [-0.4, -0.2) is 24.0 Å². The van der Waals surface area contributed by atoms with Gasteiger partial charge in [0.2, 0.25) is 0 Å². The molecule has 0 radical (unpaired) electrons. The maximum absolute atomic E-state index is 13.6. The van der Waals surface area contributed by atoms with Crippen LogP contribution >= 0.6 is 0 Å². The highest BCUT2D eigenvalue weighted by atomic mass is 32.8. The van der Waals surface area contributed by atoms with Crippen LogP contribution in [0, 0.1) is 30.2 Å². The summed E-state index contributed by atoms with van der Waals surface area (Å²) in [6, 6.07) is 0. The summed E-state index contributed by atoms with van der Waals surface area (Å²) in [6.45, 7) is 0.780. The second-order valence-electron chi connectivity index (χ2n) is 3.87. The van der Waals surface area contributed by atoms with Crippen molar-refractivity contribution in [1.82, 2.24) is 0 Å². The minimum Gasteiger partial charge on any atom is -0.251 e. The average molecular weight is 336 g/mol. The molecule has 0 aromatic heterocycles. The van der Waals surface area contributed by atoms with Crippen molar-refractivity contribution >= 4 is 29.5 Å². The molecule has 19 heavy (non-hydrogen) atoms. The number of halogens is 4. The molecule has 0 aliphatic carbocycles. The second-order valence-corrected chi connectivity index (χ2v) is 9.92. The minimum absolute atomic E-state index is 0.635. The SMILES string of the molecule is Cc1c(F)c(F)c(S(=O)(=S)CS(C)(=O)=O)c(F)c1F. The zero-order valence-corrected chi connectivity index (χ0v) is 12.1. The molecule has 3 nitrogen and oxygen atoms in total. The maximum atomic E-state index is 13.6. The third-order valence-corrected chi connectivity index (χ3v) is 7.42. The molecule has 108 valence electrons. The first-order valence-corrected chi connectivity index (χ1v) is 9.33. The van der Waals surface area contributed by atoms with Gasteiger partial charge in [-0.15, -0.1) is 0 Å². The zero-order valence-electron chi connectivity index (χ0n) is 9.67. The third kappa shape index (κ3) is 3.23. The largest absolute Gasteiger partial charge is 0.251 e. The molecular formula is C9H8F4O3S3. The van der Waals surface area contributed by atoms with E-state index in [1.807, 2.05) is 0 Å². The molecule has 0 heterocycles. The van der Waals surface area contributed by atoms with Crippen LogP contribution in [0.2, 0.25) is 0 Å². The summed E-state index contributed by atoms with van der Waals surface area (Å²) in [7, 11) is -8.18. The van der Waals surface area contributed by atoms with Gasteiger partial charge in [-0.1, -0.05) is 0 Å². The van der Waals surface area contributed by atoms with Crippen LogP contribution in [0.5, 0.6) is 0 Å². The molecule has 0 aliphatic heterocycles. The Morgan fingerprint density at radius 2 is 1.32 bits per heavy atom. The van der Waals surface area contributed by atoms with Crippen LogP contribution in [-0.2, 0) is 29.5 Å². The molecule has 0 spiro atoms. The average Bonchev–Trinajstić information content (AvgIpc) is 2.20. The van der Waals surface area contributed by atoms with Gasteiger partial charge in [-0.3, -0.25) is 4.21 Å². The first-order chi connectivity index (χ1) is 8.38. The fourth-order valence-electron chi connectivity index (χ4n) is 1.34. The molecular weight excluding hydrogens is 328 g/mol. The van der Waals surface area contributed by atoms with Crippen molar-refractivity contribution in [3.63, 3.8) is 0 Å². The van der Waals surface area contributed by atoms with E-state index in [0.29, 0.717) is 6.26 Å². The third-order valence-electron chi connectivity index (χ3n) is 2.12. The lowest BCUT2D eigenvalue weighted by atomic mass is 10.2. The molecule has 1 aromatic rings. The molecule has 1 unspecified atom stereocenters. The van der Waals surface area contributed by atoms with Gasteiger partial charge in [-0.25, -0.2) is 26.0 Å². The Balaban J connectivity index is 3.71. The van der Waals surface area contributed by atoms with E-state index in [1.165, 1.54) is 0 Å². The normalized spacial score (nSPS) is 15.3. The van der Waals surface area contributed by atoms with Gasteiger partial charge >= 0.3 is 0 Å². The second kappa shape index (κ2) is 4.98. The Morgan fingerprint density at radius 1 is 0.947 bits per heavy atom. The Bertz CT molecular complexity index is 709. The van der Waals surface area contributed by atoms with Crippen LogP contribution in [0.3, 0.4) is 0 Å². The Labute approximate surface area is 112 Å². The molecule has 1 aromatic carbocycles. The van der Waals surface area contributed by atoms with Gasteiger partial charge in [-0.05, 0) is 18.1 Å². The lowest BCUT2D eigenvalue weighted by molar-refractivity contribution is 0.416. The fraction of sp³-hybridized carbons (Fsp3) is 0.333. The number of sulfone groups is 1. The molecule has 0 saturated heterocycles. The zero-order chi connectivity index (χ0) is 15.2. The first-order valence-electron chi connectivity index (χ1n) is 4.61. The van der Waals surface area contributed by atoms with Crippen molar-refractivity contribution in [3.05, 3.63) is 28.8 Å². The van der Waals surface area contributed by atoms with E-state index in [1.54, 1.807) is 0 Å². The van der Waals surface area contributed by atoms with Gasteiger partial charge in [0, 0.05) is 11.8 Å². The molecule has 0 saturated carbocycles. The van der Waals surface area contributed by atoms with E-state index in [2.05, 4.69) is 11.2 Å². The highest BCUT2D eigenvalue weighted by Crippen LogP contribution is 2.28. The number of benzene rings is 1. The highest BCUT2D eigenvalue weighted by molar-refractivity contribution is 8.36. The molecule has 0 aliphatic rings. The van der Waals surface area contributed by atoms with Crippen LogP contribution in [0.25, 0.3) is 0 Å². The van der Waals surface area contributed by atoms with Gasteiger partial charge in [0.1, 0.15) is 9.98 Å². The summed E-state index contributed by atoms with van der Waals surface area (Å²) in [5.74, 6) is -7.36. The number of hydrogen-bond donors (Lipinski definition) is 0. The van der Waals surface area contributed by atoms with Crippen LogP contribution in [0.4, 0.5) is 17.6 Å². The van der Waals surface area contributed by atoms with Gasteiger partial charge in [-0.2, -0.15) is 0 Å². The Hall–Kier alpha value is -0.740. The van der Waals surface area contributed by atoms with E-state index >= 15 is 0 Å². The van der Waals surface area contributed by atoms with E-state index in [4.69, 9.17) is 0 Å². The molecule has 0 bridgehead atoms. The van der Waals surface area contributed by atoms with Gasteiger partial charge in [0.15, 0.2) is 33.1 Å². The summed E-state index contributed by atoms with van der Waals surface area (Å²) < 4.78 is 87.6. The summed E-state index contributed by atoms with van der Waals surface area (Å²) in [5, 5.41) is -1.29. The van der Waals surface area contributed by atoms with Crippen molar-refractivity contribution in [3.8, 4) is 0 Å². The predicted octanol–water partition coefficient (Wildman–Crippen LogP) is 1.66. The summed E-state index contributed by atoms with van der Waals surface area (Å²) in [5.41, 5.74) is -0.941. The van der Waals surface area contributed by atoms with E-state index in [9.17, 15) is 30.2 Å². The Morgan fingerprint density at radius 3 is 1.63 bits per heavy atom. The van der Waals surface area contributed by atoms with Crippen molar-refractivity contribution < 1.29 is 30.2 Å². The van der Waals surface area contributed by atoms with Crippen molar-refractivity contribution in [2.75, 3.05) is 11.3 Å². The van der Waals surface area contributed by atoms with Crippen LogP contribution < -0.4 is 0 Å². The quantitative estimate of drug-likeness (QED) is 0.622. The van der Waals surface area contributed by atoms with Gasteiger partial charge in [0.05, 0.1) is 8.49 Å². The standard InChI is InChI=1S/C9H8F4O3S3/c1-4-5(10)7(12)9(8(13)6(4)11)19(16,17)3-18(2,14)15/h3H2,1-2H3. The molecule has 0 fully saturated rings. The van der Waals surface area contributed by atoms with Gasteiger partial charge < -0.3 is 0 Å². The first kappa shape index (κ1) is 16.3. The molecule has 10 heteroatoms. The maximum Gasteiger partial charge on any atom is 0.178 e. The van der Waals surface area contributed by atoms with E-state index in [-0.39, 0.29) is 0 Å². The molecule has 0 N–H and O–H groups in total. The molecule has 1 rings (SSSR count). The molecule has 0 amide bonds. The smallest absolute Gasteiger partial charge is 0.178 e. The summed E-state index contributed by atoms with van der Waals surface area (Å²) >= 11 is 4.33. The van der Waals surface area contributed by atoms with Crippen molar-refractivity contribution in [2.24, 2.45) is 0 Å². The monoisotopic (exact) mass is 336 g/mol.